The molecule has 0 aliphatic heterocycles. The third-order valence-corrected chi connectivity index (χ3v) is 4.29. The molecule has 0 aliphatic carbocycles. The molecule has 1 aromatic carbocycles. The van der Waals surface area contributed by atoms with Gasteiger partial charge >= 0.3 is 30.0 Å². The first-order chi connectivity index (χ1) is 14.3. The summed E-state index contributed by atoms with van der Waals surface area (Å²) in [5.74, 6) is -14.3. The number of rotatable bonds is 12. The van der Waals surface area contributed by atoms with Gasteiger partial charge in [-0.3, -0.25) is 0 Å². The summed E-state index contributed by atoms with van der Waals surface area (Å²) in [4.78, 5) is 23.6. The van der Waals surface area contributed by atoms with E-state index in [-0.39, 0.29) is 12.2 Å². The maximum absolute atomic E-state index is 13.2. The molecule has 1 rings (SSSR count). The zero-order valence-electron chi connectivity index (χ0n) is 16.7. The van der Waals surface area contributed by atoms with Gasteiger partial charge in [0.2, 0.25) is 0 Å². The van der Waals surface area contributed by atoms with E-state index in [1.165, 1.54) is 0 Å². The van der Waals surface area contributed by atoms with Crippen LogP contribution in [0.25, 0.3) is 0 Å². The van der Waals surface area contributed by atoms with E-state index in [0.29, 0.717) is 6.42 Å². The quantitative estimate of drug-likeness (QED) is 0.212. The number of carbonyl (C=O) groups is 2. The second-order valence-electron chi connectivity index (χ2n) is 6.83. The Balaban J connectivity index is 2.53. The normalized spacial score (nSPS) is 12.5. The lowest BCUT2D eigenvalue weighted by atomic mass is 10.1. The molecule has 0 saturated carbocycles. The topological polar surface area (TPSA) is 52.6 Å². The molecule has 0 spiro atoms. The highest BCUT2D eigenvalue weighted by molar-refractivity contribution is 5.93. The maximum atomic E-state index is 13.2. The van der Waals surface area contributed by atoms with Crippen molar-refractivity contribution in [2.45, 2.75) is 63.5 Å². The molecule has 31 heavy (non-hydrogen) atoms. The summed E-state index contributed by atoms with van der Waals surface area (Å²) in [6.45, 7) is -0.188. The van der Waals surface area contributed by atoms with Gasteiger partial charge in [0, 0.05) is 0 Å². The SMILES string of the molecule is CCCCCCCCOC(=O)c1ccc(C(=O)OCC(F)(F)C(F)(F)C(F)(F)F)cc1. The van der Waals surface area contributed by atoms with Crippen molar-refractivity contribution in [3.63, 3.8) is 0 Å². The van der Waals surface area contributed by atoms with Gasteiger partial charge in [-0.05, 0) is 30.7 Å². The molecular weight excluding hydrogens is 437 g/mol. The molecule has 0 bridgehead atoms. The lowest BCUT2D eigenvalue weighted by molar-refractivity contribution is -0.359. The van der Waals surface area contributed by atoms with Gasteiger partial charge in [-0.2, -0.15) is 30.7 Å². The first kappa shape index (κ1) is 26.7. The Hall–Kier alpha value is -2.33. The van der Waals surface area contributed by atoms with Crippen molar-refractivity contribution in [2.75, 3.05) is 13.2 Å². The highest BCUT2D eigenvalue weighted by Gasteiger charge is 2.73. The predicted molar refractivity (Wildman–Crippen MR) is 96.3 cm³/mol. The number of hydrogen-bond acceptors (Lipinski definition) is 4. The Kier molecular flexibility index (Phi) is 9.76. The van der Waals surface area contributed by atoms with Gasteiger partial charge in [0.1, 0.15) is 0 Å². The summed E-state index contributed by atoms with van der Waals surface area (Å²) in [6, 6.07) is 4.18. The molecular formula is C20H23F7O4. The minimum absolute atomic E-state index is 0.0384. The number of ether oxygens (including phenoxy) is 2. The van der Waals surface area contributed by atoms with Crippen LogP contribution in [0.5, 0.6) is 0 Å². The second-order valence-corrected chi connectivity index (χ2v) is 6.83. The molecule has 1 aromatic rings. The zero-order valence-corrected chi connectivity index (χ0v) is 16.7. The van der Waals surface area contributed by atoms with Crippen LogP contribution in [0.15, 0.2) is 24.3 Å². The minimum atomic E-state index is -6.51. The molecule has 11 heteroatoms. The van der Waals surface area contributed by atoms with Crippen LogP contribution in [0, 0.1) is 0 Å². The predicted octanol–water partition coefficient (Wildman–Crippen LogP) is 6.19. The minimum Gasteiger partial charge on any atom is -0.462 e. The van der Waals surface area contributed by atoms with E-state index in [0.717, 1.165) is 56.4 Å². The van der Waals surface area contributed by atoms with Crippen molar-refractivity contribution in [1.29, 1.82) is 0 Å². The number of carbonyl (C=O) groups excluding carboxylic acids is 2. The molecule has 0 unspecified atom stereocenters. The van der Waals surface area contributed by atoms with E-state index in [1.54, 1.807) is 0 Å². The average Bonchev–Trinajstić information content (AvgIpc) is 2.70. The van der Waals surface area contributed by atoms with Crippen LogP contribution < -0.4 is 0 Å². The van der Waals surface area contributed by atoms with Gasteiger partial charge in [-0.1, -0.05) is 39.0 Å². The van der Waals surface area contributed by atoms with Crippen LogP contribution in [-0.2, 0) is 9.47 Å². The molecule has 0 amide bonds. The highest BCUT2D eigenvalue weighted by Crippen LogP contribution is 2.46. The number of esters is 2. The van der Waals surface area contributed by atoms with Gasteiger partial charge in [0.25, 0.3) is 0 Å². The summed E-state index contributed by atoms with van der Waals surface area (Å²) in [7, 11) is 0. The Bertz CT molecular complexity index is 715. The molecule has 0 aliphatic rings. The van der Waals surface area contributed by atoms with Crippen LogP contribution in [-0.4, -0.2) is 43.2 Å². The number of alkyl halides is 7. The summed E-state index contributed by atoms with van der Waals surface area (Å²) in [5, 5.41) is 0. The van der Waals surface area contributed by atoms with Crippen LogP contribution in [0.1, 0.15) is 66.2 Å². The molecule has 0 heterocycles. The second kappa shape index (κ2) is 11.3. The van der Waals surface area contributed by atoms with Gasteiger partial charge < -0.3 is 9.47 Å². The Morgan fingerprint density at radius 3 is 1.68 bits per heavy atom. The van der Waals surface area contributed by atoms with Crippen molar-refractivity contribution in [3.8, 4) is 0 Å². The molecule has 0 atom stereocenters. The number of benzene rings is 1. The summed E-state index contributed by atoms with van der Waals surface area (Å²) in [6.07, 6.45) is -0.566. The van der Waals surface area contributed by atoms with Crippen molar-refractivity contribution >= 4 is 11.9 Å². The lowest BCUT2D eigenvalue weighted by Crippen LogP contribution is -2.54. The molecule has 0 saturated heterocycles. The maximum Gasteiger partial charge on any atom is 0.460 e. The molecule has 0 N–H and O–H groups in total. The van der Waals surface area contributed by atoms with E-state index in [2.05, 4.69) is 11.7 Å². The molecule has 176 valence electrons. The fourth-order valence-corrected chi connectivity index (χ4v) is 2.41. The molecule has 4 nitrogen and oxygen atoms in total. The van der Waals surface area contributed by atoms with E-state index in [9.17, 15) is 40.3 Å². The highest BCUT2D eigenvalue weighted by atomic mass is 19.4. The lowest BCUT2D eigenvalue weighted by Gasteiger charge is -2.27. The Morgan fingerprint density at radius 1 is 0.742 bits per heavy atom. The van der Waals surface area contributed by atoms with E-state index in [1.807, 2.05) is 0 Å². The third-order valence-electron chi connectivity index (χ3n) is 4.29. The number of unbranched alkanes of at least 4 members (excludes halogenated alkanes) is 5. The van der Waals surface area contributed by atoms with Gasteiger partial charge in [-0.25, -0.2) is 9.59 Å². The average molecular weight is 460 g/mol. The fourth-order valence-electron chi connectivity index (χ4n) is 2.41. The standard InChI is InChI=1S/C20H23F7O4/c1-2-3-4-5-6-7-12-30-16(28)14-8-10-15(11-9-14)17(29)31-13-18(21,22)19(23,24)20(25,26)27/h8-11H,2-7,12-13H2,1H3. The summed E-state index contributed by atoms with van der Waals surface area (Å²) in [5.41, 5.74) is -0.380. The summed E-state index contributed by atoms with van der Waals surface area (Å²) >= 11 is 0. The summed E-state index contributed by atoms with van der Waals surface area (Å²) < 4.78 is 97.1. The smallest absolute Gasteiger partial charge is 0.460 e. The molecule has 0 fully saturated rings. The van der Waals surface area contributed by atoms with Crippen LogP contribution >= 0.6 is 0 Å². The van der Waals surface area contributed by atoms with Crippen molar-refractivity contribution in [2.24, 2.45) is 0 Å². The van der Waals surface area contributed by atoms with Crippen molar-refractivity contribution in [1.82, 2.24) is 0 Å². The van der Waals surface area contributed by atoms with Gasteiger partial charge in [0.05, 0.1) is 17.7 Å². The van der Waals surface area contributed by atoms with Gasteiger partial charge in [0.15, 0.2) is 6.61 Å². The van der Waals surface area contributed by atoms with Crippen molar-refractivity contribution < 1.29 is 49.8 Å². The van der Waals surface area contributed by atoms with E-state index < -0.39 is 42.1 Å². The van der Waals surface area contributed by atoms with Crippen LogP contribution in [0.2, 0.25) is 0 Å². The first-order valence-electron chi connectivity index (χ1n) is 9.60. The van der Waals surface area contributed by atoms with E-state index in [4.69, 9.17) is 4.74 Å². The first-order valence-corrected chi connectivity index (χ1v) is 9.60. The largest absolute Gasteiger partial charge is 0.462 e. The molecule has 0 radical (unpaired) electrons. The number of hydrogen-bond donors (Lipinski definition) is 0. The Morgan fingerprint density at radius 2 is 1.19 bits per heavy atom. The zero-order chi connectivity index (χ0) is 23.7. The van der Waals surface area contributed by atoms with Gasteiger partial charge in [-0.15, -0.1) is 0 Å². The monoisotopic (exact) mass is 460 g/mol. The third kappa shape index (κ3) is 7.70. The van der Waals surface area contributed by atoms with Crippen molar-refractivity contribution in [3.05, 3.63) is 35.4 Å². The fraction of sp³-hybridized carbons (Fsp3) is 0.600. The van der Waals surface area contributed by atoms with Crippen LogP contribution in [0.4, 0.5) is 30.7 Å². The number of halogens is 7. The molecule has 0 aromatic heterocycles. The van der Waals surface area contributed by atoms with Crippen LogP contribution in [0.3, 0.4) is 0 Å². The van der Waals surface area contributed by atoms with E-state index >= 15 is 0 Å². The Labute approximate surface area is 174 Å².